The van der Waals surface area contributed by atoms with Crippen molar-refractivity contribution < 1.29 is 4.42 Å². The minimum Gasteiger partial charge on any atom is -0.456 e. The van der Waals surface area contributed by atoms with Crippen LogP contribution in [-0.2, 0) is 0 Å². The molecule has 0 aliphatic heterocycles. The quantitative estimate of drug-likeness (QED) is 0.190. The molecule has 3 heteroatoms. The van der Waals surface area contributed by atoms with Crippen LogP contribution in [0.2, 0.25) is 0 Å². The topological polar surface area (TPSA) is 21.3 Å². The fourth-order valence-electron chi connectivity index (χ4n) is 7.75. The molecule has 10 rings (SSSR count). The molecule has 0 unspecified atom stereocenters. The maximum atomic E-state index is 6.83. The van der Waals surface area contributed by atoms with Gasteiger partial charge in [-0.05, 0) is 88.6 Å². The monoisotopic (exact) mass is 626 g/mol. The Bertz CT molecular complexity index is 2770. The van der Waals surface area contributed by atoms with Gasteiger partial charge in [0.1, 0.15) is 11.2 Å². The van der Waals surface area contributed by atoms with Gasteiger partial charge in [0, 0.05) is 33.2 Å². The molecule has 2 heterocycles. The summed E-state index contributed by atoms with van der Waals surface area (Å²) in [7, 11) is 0. The fourth-order valence-corrected chi connectivity index (χ4v) is 7.75. The van der Waals surface area contributed by atoms with Gasteiger partial charge in [-0.25, -0.2) is 0 Å². The minimum atomic E-state index is 0.866. The lowest BCUT2D eigenvalue weighted by Gasteiger charge is -2.26. The average molecular weight is 627 g/mol. The largest absolute Gasteiger partial charge is 0.456 e. The van der Waals surface area contributed by atoms with E-state index in [1.165, 1.54) is 38.1 Å². The van der Waals surface area contributed by atoms with Gasteiger partial charge in [-0.1, -0.05) is 115 Å². The van der Waals surface area contributed by atoms with Gasteiger partial charge in [0.25, 0.3) is 0 Å². The number of hydrogen-bond donors (Lipinski definition) is 0. The van der Waals surface area contributed by atoms with Gasteiger partial charge in [0.05, 0.1) is 22.1 Å². The maximum absolute atomic E-state index is 6.83. The van der Waals surface area contributed by atoms with Crippen LogP contribution in [0, 0.1) is 0 Å². The van der Waals surface area contributed by atoms with Gasteiger partial charge >= 0.3 is 0 Å². The molecule has 0 aliphatic rings. The van der Waals surface area contributed by atoms with Crippen LogP contribution in [-0.4, -0.2) is 4.57 Å². The first-order valence-electron chi connectivity index (χ1n) is 16.7. The number of rotatable bonds is 5. The summed E-state index contributed by atoms with van der Waals surface area (Å²) < 4.78 is 9.21. The molecule has 0 saturated heterocycles. The molecular formula is C46H30N2O. The molecule has 0 spiro atoms. The van der Waals surface area contributed by atoms with Crippen LogP contribution < -0.4 is 4.90 Å². The van der Waals surface area contributed by atoms with Crippen molar-refractivity contribution in [1.82, 2.24) is 4.57 Å². The molecule has 0 atom stereocenters. The molecule has 49 heavy (non-hydrogen) atoms. The van der Waals surface area contributed by atoms with E-state index < -0.39 is 0 Å². The van der Waals surface area contributed by atoms with Crippen LogP contribution in [0.4, 0.5) is 17.1 Å². The molecule has 10 aromatic rings. The van der Waals surface area contributed by atoms with Gasteiger partial charge in [-0.3, -0.25) is 0 Å². The standard InChI is InChI=1S/C46H30N2O/c1-4-16-31(17-5-1)47(32-18-6-2-7-19-32)41-28-15-29-42-46(41)45-35-23-11-10-22-34(35)38(30-43(45)49-42)36-25-14-27-40-44(36)37-24-12-13-26-39(37)48(40)33-20-8-3-9-21-33/h1-30H. The molecule has 0 radical (unpaired) electrons. The SMILES string of the molecule is c1ccc(N(c2ccccc2)c2cccc3oc4cc(-c5cccc6c5c5ccccc5n6-c5ccccc5)c5ccccc5c4c23)cc1. The molecule has 8 aromatic carbocycles. The van der Waals surface area contributed by atoms with Crippen molar-refractivity contribution in [2.75, 3.05) is 4.90 Å². The Balaban J connectivity index is 1.29. The summed E-state index contributed by atoms with van der Waals surface area (Å²) in [6, 6.07) is 64.7. The number of fused-ring (bicyclic) bond motifs is 8. The Labute approximate surface area is 283 Å². The summed E-state index contributed by atoms with van der Waals surface area (Å²) in [5.74, 6) is 0. The number of benzene rings is 8. The highest BCUT2D eigenvalue weighted by molar-refractivity contribution is 6.27. The number of para-hydroxylation sites is 4. The maximum Gasteiger partial charge on any atom is 0.137 e. The number of nitrogens with zero attached hydrogens (tertiary/aromatic N) is 2. The summed E-state index contributed by atoms with van der Waals surface area (Å²) in [6.07, 6.45) is 0. The van der Waals surface area contributed by atoms with Crippen molar-refractivity contribution in [1.29, 1.82) is 0 Å². The molecule has 0 amide bonds. The molecule has 3 nitrogen and oxygen atoms in total. The zero-order chi connectivity index (χ0) is 32.3. The lowest BCUT2D eigenvalue weighted by molar-refractivity contribution is 0.669. The normalized spacial score (nSPS) is 11.7. The molecule has 0 aliphatic carbocycles. The summed E-state index contributed by atoms with van der Waals surface area (Å²) >= 11 is 0. The Morgan fingerprint density at radius 3 is 1.71 bits per heavy atom. The number of anilines is 3. The first-order chi connectivity index (χ1) is 24.3. The molecule has 230 valence electrons. The van der Waals surface area contributed by atoms with E-state index >= 15 is 0 Å². The second kappa shape index (κ2) is 11.0. The molecule has 0 fully saturated rings. The molecule has 2 aromatic heterocycles. The molecule has 0 bridgehead atoms. The van der Waals surface area contributed by atoms with Gasteiger partial charge in [-0.2, -0.15) is 0 Å². The predicted molar refractivity (Wildman–Crippen MR) is 206 cm³/mol. The lowest BCUT2D eigenvalue weighted by Crippen LogP contribution is -2.09. The van der Waals surface area contributed by atoms with E-state index in [9.17, 15) is 0 Å². The van der Waals surface area contributed by atoms with Crippen LogP contribution in [0.15, 0.2) is 186 Å². The first-order valence-corrected chi connectivity index (χ1v) is 16.7. The van der Waals surface area contributed by atoms with Crippen molar-refractivity contribution >= 4 is 71.6 Å². The van der Waals surface area contributed by atoms with Crippen molar-refractivity contribution in [3.63, 3.8) is 0 Å². The minimum absolute atomic E-state index is 0.866. The van der Waals surface area contributed by atoms with Crippen LogP contribution >= 0.6 is 0 Å². The highest BCUT2D eigenvalue weighted by Gasteiger charge is 2.23. The van der Waals surface area contributed by atoms with Crippen LogP contribution in [0.25, 0.3) is 71.3 Å². The van der Waals surface area contributed by atoms with E-state index in [0.29, 0.717) is 0 Å². The molecule has 0 saturated carbocycles. The third-order valence-corrected chi connectivity index (χ3v) is 9.75. The van der Waals surface area contributed by atoms with E-state index in [1.807, 2.05) is 0 Å². The van der Waals surface area contributed by atoms with E-state index in [1.54, 1.807) is 0 Å². The Hall–Kier alpha value is -6.58. The van der Waals surface area contributed by atoms with Gasteiger partial charge < -0.3 is 13.9 Å². The third kappa shape index (κ3) is 4.23. The van der Waals surface area contributed by atoms with Crippen LogP contribution in [0.3, 0.4) is 0 Å². The van der Waals surface area contributed by atoms with Crippen molar-refractivity contribution in [2.24, 2.45) is 0 Å². The second-order valence-corrected chi connectivity index (χ2v) is 12.5. The zero-order valence-electron chi connectivity index (χ0n) is 26.6. The van der Waals surface area contributed by atoms with E-state index in [0.717, 1.165) is 50.3 Å². The molecular weight excluding hydrogens is 597 g/mol. The highest BCUT2D eigenvalue weighted by Crippen LogP contribution is 2.48. The first kappa shape index (κ1) is 27.5. The zero-order valence-corrected chi connectivity index (χ0v) is 26.6. The Morgan fingerprint density at radius 1 is 0.388 bits per heavy atom. The van der Waals surface area contributed by atoms with Gasteiger partial charge in [0.2, 0.25) is 0 Å². The van der Waals surface area contributed by atoms with Crippen molar-refractivity contribution in [3.05, 3.63) is 182 Å². The lowest BCUT2D eigenvalue weighted by atomic mass is 9.92. The van der Waals surface area contributed by atoms with E-state index in [4.69, 9.17) is 4.42 Å². The summed E-state index contributed by atoms with van der Waals surface area (Å²) in [4.78, 5) is 2.33. The van der Waals surface area contributed by atoms with Crippen molar-refractivity contribution in [2.45, 2.75) is 0 Å². The highest BCUT2D eigenvalue weighted by atomic mass is 16.3. The second-order valence-electron chi connectivity index (χ2n) is 12.5. The van der Waals surface area contributed by atoms with E-state index in [2.05, 4.69) is 191 Å². The number of aromatic nitrogens is 1. The fraction of sp³-hybridized carbons (Fsp3) is 0. The summed E-state index contributed by atoms with van der Waals surface area (Å²) in [6.45, 7) is 0. The van der Waals surface area contributed by atoms with Crippen LogP contribution in [0.5, 0.6) is 0 Å². The van der Waals surface area contributed by atoms with Crippen molar-refractivity contribution in [3.8, 4) is 16.8 Å². The average Bonchev–Trinajstić information content (AvgIpc) is 3.72. The van der Waals surface area contributed by atoms with Crippen LogP contribution in [0.1, 0.15) is 0 Å². The smallest absolute Gasteiger partial charge is 0.137 e. The van der Waals surface area contributed by atoms with Gasteiger partial charge in [0.15, 0.2) is 0 Å². The Kier molecular flexibility index (Phi) is 6.18. The van der Waals surface area contributed by atoms with E-state index in [-0.39, 0.29) is 0 Å². The predicted octanol–water partition coefficient (Wildman–Crippen LogP) is 13.0. The summed E-state index contributed by atoms with van der Waals surface area (Å²) in [5, 5.41) is 7.07. The number of furan rings is 1. The molecule has 0 N–H and O–H groups in total. The Morgan fingerprint density at radius 2 is 0.980 bits per heavy atom. The third-order valence-electron chi connectivity index (χ3n) is 9.75. The van der Waals surface area contributed by atoms with Gasteiger partial charge in [-0.15, -0.1) is 0 Å². The summed E-state index contributed by atoms with van der Waals surface area (Å²) in [5.41, 5.74) is 10.9. The number of hydrogen-bond acceptors (Lipinski definition) is 2.